The summed E-state index contributed by atoms with van der Waals surface area (Å²) in [6.45, 7) is 7.28. The van der Waals surface area contributed by atoms with E-state index in [0.29, 0.717) is 32.1 Å². The third kappa shape index (κ3) is 10.2. The quantitative estimate of drug-likeness (QED) is 0.335. The monoisotopic (exact) mass is 345 g/mol. The van der Waals surface area contributed by atoms with E-state index in [0.717, 1.165) is 0 Å². The van der Waals surface area contributed by atoms with Crippen molar-refractivity contribution in [2.75, 3.05) is 13.6 Å². The predicted octanol–water partition coefficient (Wildman–Crippen LogP) is 0.334. The number of ether oxygens (including phenoxy) is 1. The Morgan fingerprint density at radius 1 is 1.25 bits per heavy atom. The van der Waals surface area contributed by atoms with Gasteiger partial charge in [0, 0.05) is 6.54 Å². The number of alkyl carbamates (subject to hydrolysis) is 1. The van der Waals surface area contributed by atoms with Crippen molar-refractivity contribution in [2.45, 2.75) is 70.7 Å². The number of nitrogens with one attached hydrogen (secondary N) is 3. The Labute approximate surface area is 143 Å². The highest BCUT2D eigenvalue weighted by Gasteiger charge is 2.22. The first-order valence-corrected chi connectivity index (χ1v) is 8.18. The Morgan fingerprint density at radius 3 is 2.33 bits per heavy atom. The van der Waals surface area contributed by atoms with Gasteiger partial charge >= 0.3 is 6.09 Å². The standard InChI is InChI=1S/C16H31N3O5/c1-11(21)13(10-20)19-14(22)12(17-5)8-6-7-9-18-15(23)24-16(2,3)4/h10-13,17,21H,6-9H2,1-5H3,(H,18,23)(H,19,22). The molecule has 24 heavy (non-hydrogen) atoms. The predicted molar refractivity (Wildman–Crippen MR) is 90.6 cm³/mol. The first-order valence-electron chi connectivity index (χ1n) is 8.18. The van der Waals surface area contributed by atoms with Crippen LogP contribution in [0, 0.1) is 0 Å². The molecule has 0 aromatic heterocycles. The van der Waals surface area contributed by atoms with Crippen LogP contribution < -0.4 is 16.0 Å². The number of aliphatic hydroxyl groups is 1. The van der Waals surface area contributed by atoms with Gasteiger partial charge in [0.1, 0.15) is 17.9 Å². The zero-order valence-corrected chi connectivity index (χ0v) is 15.2. The molecule has 0 aliphatic rings. The van der Waals surface area contributed by atoms with E-state index in [9.17, 15) is 19.5 Å². The number of carbonyl (C=O) groups is 3. The van der Waals surface area contributed by atoms with Crippen LogP contribution in [0.3, 0.4) is 0 Å². The highest BCUT2D eigenvalue weighted by Crippen LogP contribution is 2.07. The van der Waals surface area contributed by atoms with Crippen LogP contribution >= 0.6 is 0 Å². The summed E-state index contributed by atoms with van der Waals surface area (Å²) in [5.74, 6) is -0.337. The normalized spacial score (nSPS) is 15.1. The molecule has 0 bridgehead atoms. The largest absolute Gasteiger partial charge is 0.444 e. The van der Waals surface area contributed by atoms with Crippen LogP contribution in [0.4, 0.5) is 4.79 Å². The van der Waals surface area contributed by atoms with Gasteiger partial charge in [0.15, 0.2) is 0 Å². The zero-order chi connectivity index (χ0) is 18.8. The minimum Gasteiger partial charge on any atom is -0.444 e. The number of likely N-dealkylation sites (N-methyl/N-ethyl adjacent to an activating group) is 1. The highest BCUT2D eigenvalue weighted by atomic mass is 16.6. The number of hydrogen-bond acceptors (Lipinski definition) is 6. The molecule has 0 spiro atoms. The van der Waals surface area contributed by atoms with E-state index >= 15 is 0 Å². The van der Waals surface area contributed by atoms with Crippen LogP contribution in [0.5, 0.6) is 0 Å². The number of aldehydes is 1. The summed E-state index contributed by atoms with van der Waals surface area (Å²) in [5.41, 5.74) is -0.529. The Morgan fingerprint density at radius 2 is 1.88 bits per heavy atom. The lowest BCUT2D eigenvalue weighted by Crippen LogP contribution is -2.50. The van der Waals surface area contributed by atoms with Crippen molar-refractivity contribution in [3.05, 3.63) is 0 Å². The molecule has 0 fully saturated rings. The van der Waals surface area contributed by atoms with Crippen molar-refractivity contribution in [3.63, 3.8) is 0 Å². The molecule has 0 aliphatic heterocycles. The molecule has 4 N–H and O–H groups in total. The summed E-state index contributed by atoms with van der Waals surface area (Å²) in [6, 6.07) is -1.38. The van der Waals surface area contributed by atoms with E-state index in [1.807, 2.05) is 0 Å². The summed E-state index contributed by atoms with van der Waals surface area (Å²) >= 11 is 0. The number of aliphatic hydroxyl groups excluding tert-OH is 1. The van der Waals surface area contributed by atoms with Crippen LogP contribution in [0.2, 0.25) is 0 Å². The number of rotatable bonds is 10. The second kappa shape index (κ2) is 11.0. The van der Waals surface area contributed by atoms with E-state index in [2.05, 4.69) is 16.0 Å². The van der Waals surface area contributed by atoms with Gasteiger partial charge in [-0.2, -0.15) is 0 Å². The fourth-order valence-corrected chi connectivity index (χ4v) is 1.92. The fourth-order valence-electron chi connectivity index (χ4n) is 1.92. The Bertz CT molecular complexity index is 407. The van der Waals surface area contributed by atoms with Gasteiger partial charge in [-0.3, -0.25) is 4.79 Å². The molecular formula is C16H31N3O5. The van der Waals surface area contributed by atoms with Gasteiger partial charge in [-0.25, -0.2) is 4.79 Å². The first-order chi connectivity index (χ1) is 11.1. The van der Waals surface area contributed by atoms with Crippen molar-refractivity contribution in [1.29, 1.82) is 0 Å². The summed E-state index contributed by atoms with van der Waals surface area (Å²) in [4.78, 5) is 34.3. The van der Waals surface area contributed by atoms with Gasteiger partial charge in [0.05, 0.1) is 12.1 Å². The minimum absolute atomic E-state index is 0.337. The lowest BCUT2D eigenvalue weighted by atomic mass is 10.1. The molecular weight excluding hydrogens is 314 g/mol. The SMILES string of the molecule is CNC(CCCCNC(=O)OC(C)(C)C)C(=O)NC(C=O)C(C)O. The smallest absolute Gasteiger partial charge is 0.407 e. The van der Waals surface area contributed by atoms with Crippen LogP contribution in [0.15, 0.2) is 0 Å². The molecule has 0 heterocycles. The molecule has 3 unspecified atom stereocenters. The van der Waals surface area contributed by atoms with Gasteiger partial charge in [-0.05, 0) is 54.0 Å². The lowest BCUT2D eigenvalue weighted by molar-refractivity contribution is -0.127. The molecule has 140 valence electrons. The maximum atomic E-state index is 12.0. The van der Waals surface area contributed by atoms with E-state index < -0.39 is 29.9 Å². The molecule has 3 atom stereocenters. The molecule has 8 nitrogen and oxygen atoms in total. The molecule has 0 saturated heterocycles. The molecule has 0 rings (SSSR count). The van der Waals surface area contributed by atoms with Crippen molar-refractivity contribution in [2.24, 2.45) is 0 Å². The van der Waals surface area contributed by atoms with Gasteiger partial charge in [-0.15, -0.1) is 0 Å². The maximum absolute atomic E-state index is 12.0. The maximum Gasteiger partial charge on any atom is 0.407 e. The fraction of sp³-hybridized carbons (Fsp3) is 0.812. The second-order valence-corrected chi connectivity index (χ2v) is 6.68. The van der Waals surface area contributed by atoms with Crippen molar-refractivity contribution in [1.82, 2.24) is 16.0 Å². The van der Waals surface area contributed by atoms with E-state index in [4.69, 9.17) is 4.74 Å². The Hall–Kier alpha value is -1.67. The third-order valence-electron chi connectivity index (χ3n) is 3.23. The van der Waals surface area contributed by atoms with Gasteiger partial charge < -0.3 is 30.6 Å². The van der Waals surface area contributed by atoms with E-state index in [1.54, 1.807) is 27.8 Å². The topological polar surface area (TPSA) is 117 Å². The highest BCUT2D eigenvalue weighted by molar-refractivity contribution is 5.84. The van der Waals surface area contributed by atoms with E-state index in [-0.39, 0.29) is 5.91 Å². The molecule has 0 aromatic carbocycles. The van der Waals surface area contributed by atoms with E-state index in [1.165, 1.54) is 6.92 Å². The molecule has 8 heteroatoms. The van der Waals surface area contributed by atoms with Crippen LogP contribution in [0.25, 0.3) is 0 Å². The lowest BCUT2D eigenvalue weighted by Gasteiger charge is -2.21. The minimum atomic E-state index is -0.943. The Balaban J connectivity index is 4.08. The third-order valence-corrected chi connectivity index (χ3v) is 3.23. The van der Waals surface area contributed by atoms with Gasteiger partial charge in [0.2, 0.25) is 5.91 Å². The average Bonchev–Trinajstić information content (AvgIpc) is 2.45. The first kappa shape index (κ1) is 22.3. The average molecular weight is 345 g/mol. The summed E-state index contributed by atoms with van der Waals surface area (Å²) in [6.07, 6.45) is 1.05. The number of carbonyl (C=O) groups excluding carboxylic acids is 3. The van der Waals surface area contributed by atoms with Gasteiger partial charge in [0.25, 0.3) is 0 Å². The summed E-state index contributed by atoms with van der Waals surface area (Å²) in [7, 11) is 1.65. The molecule has 0 aliphatic carbocycles. The van der Waals surface area contributed by atoms with Crippen molar-refractivity contribution < 1.29 is 24.2 Å². The van der Waals surface area contributed by atoms with Crippen LogP contribution in [0.1, 0.15) is 47.0 Å². The molecule has 0 radical (unpaired) electrons. The Kier molecular flexibility index (Phi) is 10.2. The molecule has 2 amide bonds. The van der Waals surface area contributed by atoms with Crippen LogP contribution in [-0.2, 0) is 14.3 Å². The molecule has 0 saturated carbocycles. The number of hydrogen-bond donors (Lipinski definition) is 4. The van der Waals surface area contributed by atoms with Crippen molar-refractivity contribution in [3.8, 4) is 0 Å². The molecule has 0 aromatic rings. The summed E-state index contributed by atoms with van der Waals surface area (Å²) < 4.78 is 5.12. The number of unbranched alkanes of at least 4 members (excludes halogenated alkanes) is 1. The zero-order valence-electron chi connectivity index (χ0n) is 15.2. The van der Waals surface area contributed by atoms with Crippen molar-refractivity contribution >= 4 is 18.3 Å². The second-order valence-electron chi connectivity index (χ2n) is 6.68. The summed E-state index contributed by atoms with van der Waals surface area (Å²) in [5, 5.41) is 17.4. The number of amides is 2. The van der Waals surface area contributed by atoms with Gasteiger partial charge in [-0.1, -0.05) is 0 Å². The van der Waals surface area contributed by atoms with Crippen LogP contribution in [-0.4, -0.2) is 60.8 Å².